The van der Waals surface area contributed by atoms with Gasteiger partial charge >= 0.3 is 5.97 Å². The lowest BCUT2D eigenvalue weighted by Crippen LogP contribution is -2.25. The molecule has 106 valence electrons. The van der Waals surface area contributed by atoms with E-state index in [2.05, 4.69) is 4.90 Å². The van der Waals surface area contributed by atoms with Gasteiger partial charge in [-0.25, -0.2) is 0 Å². The fraction of sp³-hybridized carbons (Fsp3) is 0.267. The molecule has 0 spiro atoms. The van der Waals surface area contributed by atoms with E-state index in [0.717, 1.165) is 15.6 Å². The lowest BCUT2D eigenvalue weighted by molar-refractivity contribution is -0.136. The molecule has 0 atom stereocenters. The quantitative estimate of drug-likeness (QED) is 0.869. The molecule has 2 aromatic rings. The Morgan fingerprint density at radius 1 is 1.35 bits per heavy atom. The van der Waals surface area contributed by atoms with E-state index in [1.165, 1.54) is 5.56 Å². The standard InChI is InChI=1S/C15H16ClNO2S/c1-11-2-4-13(5-3-11)17(7-6-15(18)19)9-14-8-12(16)10-20-14/h2-5,8,10H,6-7,9H2,1H3,(H,18,19). The maximum absolute atomic E-state index is 10.8. The second-order valence-corrected chi connectivity index (χ2v) is 6.06. The van der Waals surface area contributed by atoms with E-state index in [0.29, 0.717) is 13.1 Å². The molecule has 0 amide bonds. The number of halogens is 1. The lowest BCUT2D eigenvalue weighted by atomic mass is 10.2. The topological polar surface area (TPSA) is 40.5 Å². The van der Waals surface area contributed by atoms with Gasteiger partial charge in [-0.3, -0.25) is 4.79 Å². The summed E-state index contributed by atoms with van der Waals surface area (Å²) in [4.78, 5) is 14.0. The Bertz CT molecular complexity index is 580. The summed E-state index contributed by atoms with van der Waals surface area (Å²) < 4.78 is 0. The summed E-state index contributed by atoms with van der Waals surface area (Å²) >= 11 is 7.52. The SMILES string of the molecule is Cc1ccc(N(CCC(=O)O)Cc2cc(Cl)cs2)cc1. The summed E-state index contributed by atoms with van der Waals surface area (Å²) in [5.41, 5.74) is 2.22. The fourth-order valence-corrected chi connectivity index (χ4v) is 3.00. The van der Waals surface area contributed by atoms with Crippen LogP contribution in [-0.2, 0) is 11.3 Å². The summed E-state index contributed by atoms with van der Waals surface area (Å²) in [6.45, 7) is 3.19. The van der Waals surface area contributed by atoms with E-state index in [1.54, 1.807) is 11.3 Å². The third-order valence-electron chi connectivity index (χ3n) is 2.96. The number of thiophene rings is 1. The zero-order valence-corrected chi connectivity index (χ0v) is 12.7. The van der Waals surface area contributed by atoms with Gasteiger partial charge in [-0.1, -0.05) is 29.3 Å². The van der Waals surface area contributed by atoms with Crippen LogP contribution >= 0.6 is 22.9 Å². The molecule has 5 heteroatoms. The first-order valence-electron chi connectivity index (χ1n) is 6.31. The fourth-order valence-electron chi connectivity index (χ4n) is 1.91. The van der Waals surface area contributed by atoms with E-state index in [4.69, 9.17) is 16.7 Å². The van der Waals surface area contributed by atoms with Crippen LogP contribution in [0.3, 0.4) is 0 Å². The van der Waals surface area contributed by atoms with E-state index >= 15 is 0 Å². The first-order chi connectivity index (χ1) is 9.54. The minimum atomic E-state index is -0.786. The second-order valence-electron chi connectivity index (χ2n) is 4.63. The van der Waals surface area contributed by atoms with Crippen molar-refractivity contribution < 1.29 is 9.90 Å². The molecule has 0 aliphatic rings. The van der Waals surface area contributed by atoms with Crippen molar-refractivity contribution in [1.29, 1.82) is 0 Å². The molecule has 1 aromatic carbocycles. The number of aryl methyl sites for hydroxylation is 1. The summed E-state index contributed by atoms with van der Waals surface area (Å²) in [5.74, 6) is -0.786. The predicted octanol–water partition coefficient (Wildman–Crippen LogP) is 4.19. The van der Waals surface area contributed by atoms with E-state index in [-0.39, 0.29) is 6.42 Å². The molecule has 1 heterocycles. The molecule has 1 N–H and O–H groups in total. The Balaban J connectivity index is 2.15. The lowest BCUT2D eigenvalue weighted by Gasteiger charge is -2.23. The Hall–Kier alpha value is -1.52. The molecular weight excluding hydrogens is 294 g/mol. The molecule has 0 aliphatic heterocycles. The van der Waals surface area contributed by atoms with Crippen molar-refractivity contribution in [3.8, 4) is 0 Å². The average molecular weight is 310 g/mol. The van der Waals surface area contributed by atoms with Crippen molar-refractivity contribution in [2.75, 3.05) is 11.4 Å². The van der Waals surface area contributed by atoms with Gasteiger partial charge in [0.1, 0.15) is 0 Å². The molecule has 0 saturated heterocycles. The summed E-state index contributed by atoms with van der Waals surface area (Å²) in [7, 11) is 0. The molecule has 20 heavy (non-hydrogen) atoms. The zero-order valence-electron chi connectivity index (χ0n) is 11.2. The number of nitrogens with zero attached hydrogens (tertiary/aromatic N) is 1. The van der Waals surface area contributed by atoms with E-state index in [1.807, 2.05) is 42.6 Å². The van der Waals surface area contributed by atoms with Crippen LogP contribution < -0.4 is 4.90 Å². The van der Waals surface area contributed by atoms with Crippen LogP contribution in [0, 0.1) is 6.92 Å². The van der Waals surface area contributed by atoms with Gasteiger partial charge < -0.3 is 10.0 Å². The minimum absolute atomic E-state index is 0.118. The first kappa shape index (κ1) is 14.9. The van der Waals surface area contributed by atoms with Crippen LogP contribution in [0.15, 0.2) is 35.7 Å². The van der Waals surface area contributed by atoms with Crippen molar-refractivity contribution >= 4 is 34.6 Å². The summed E-state index contributed by atoms with van der Waals surface area (Å²) in [5, 5.41) is 11.5. The highest BCUT2D eigenvalue weighted by Crippen LogP contribution is 2.24. The predicted molar refractivity (Wildman–Crippen MR) is 83.8 cm³/mol. The van der Waals surface area contributed by atoms with Gasteiger partial charge in [0.15, 0.2) is 0 Å². The van der Waals surface area contributed by atoms with Gasteiger partial charge in [0.25, 0.3) is 0 Å². The monoisotopic (exact) mass is 309 g/mol. The minimum Gasteiger partial charge on any atom is -0.481 e. The molecule has 0 aliphatic carbocycles. The van der Waals surface area contributed by atoms with Gasteiger partial charge in [-0.2, -0.15) is 0 Å². The Kier molecular flexibility index (Phi) is 5.04. The molecule has 0 radical (unpaired) electrons. The third kappa shape index (κ3) is 4.25. The number of benzene rings is 1. The molecule has 0 bridgehead atoms. The third-order valence-corrected chi connectivity index (χ3v) is 4.23. The van der Waals surface area contributed by atoms with Crippen LogP contribution in [0.5, 0.6) is 0 Å². The number of carbonyl (C=O) groups is 1. The highest BCUT2D eigenvalue weighted by Gasteiger charge is 2.11. The van der Waals surface area contributed by atoms with Crippen LogP contribution in [0.25, 0.3) is 0 Å². The number of aliphatic carboxylic acids is 1. The van der Waals surface area contributed by atoms with E-state index in [9.17, 15) is 4.79 Å². The van der Waals surface area contributed by atoms with Crippen LogP contribution in [0.2, 0.25) is 5.02 Å². The normalized spacial score (nSPS) is 10.5. The first-order valence-corrected chi connectivity index (χ1v) is 7.56. The maximum atomic E-state index is 10.8. The van der Waals surface area contributed by atoms with Gasteiger partial charge in [0.2, 0.25) is 0 Å². The zero-order chi connectivity index (χ0) is 14.5. The summed E-state index contributed by atoms with van der Waals surface area (Å²) in [6.07, 6.45) is 0.118. The maximum Gasteiger partial charge on any atom is 0.305 e. The largest absolute Gasteiger partial charge is 0.481 e. The Labute approximate surface area is 127 Å². The van der Waals surface area contributed by atoms with Crippen LogP contribution in [-0.4, -0.2) is 17.6 Å². The molecule has 0 unspecified atom stereocenters. The van der Waals surface area contributed by atoms with Crippen molar-refractivity contribution in [2.24, 2.45) is 0 Å². The average Bonchev–Trinajstić information content (AvgIpc) is 2.81. The Morgan fingerprint density at radius 2 is 2.05 bits per heavy atom. The highest BCUT2D eigenvalue weighted by atomic mass is 35.5. The molecule has 0 saturated carbocycles. The summed E-state index contributed by atoms with van der Waals surface area (Å²) in [6, 6.07) is 10.0. The van der Waals surface area contributed by atoms with Gasteiger partial charge in [-0.05, 0) is 25.1 Å². The molecule has 1 aromatic heterocycles. The molecule has 2 rings (SSSR count). The number of rotatable bonds is 6. The second kappa shape index (κ2) is 6.77. The van der Waals surface area contributed by atoms with Gasteiger partial charge in [-0.15, -0.1) is 11.3 Å². The highest BCUT2D eigenvalue weighted by molar-refractivity contribution is 7.10. The Morgan fingerprint density at radius 3 is 2.60 bits per heavy atom. The molecule has 0 fully saturated rings. The number of hydrogen-bond donors (Lipinski definition) is 1. The number of carboxylic acid groups (broad SMARTS) is 1. The molecular formula is C15H16ClNO2S. The van der Waals surface area contributed by atoms with Gasteiger partial charge in [0.05, 0.1) is 18.0 Å². The van der Waals surface area contributed by atoms with Crippen molar-refractivity contribution in [1.82, 2.24) is 0 Å². The van der Waals surface area contributed by atoms with Crippen molar-refractivity contribution in [3.63, 3.8) is 0 Å². The number of carboxylic acids is 1. The number of anilines is 1. The van der Waals surface area contributed by atoms with E-state index < -0.39 is 5.97 Å². The van der Waals surface area contributed by atoms with Crippen LogP contribution in [0.4, 0.5) is 5.69 Å². The van der Waals surface area contributed by atoms with Crippen molar-refractivity contribution in [3.05, 3.63) is 51.2 Å². The van der Waals surface area contributed by atoms with Crippen LogP contribution in [0.1, 0.15) is 16.9 Å². The van der Waals surface area contributed by atoms with Gasteiger partial charge in [0, 0.05) is 22.5 Å². The number of hydrogen-bond acceptors (Lipinski definition) is 3. The molecule has 3 nitrogen and oxygen atoms in total. The smallest absolute Gasteiger partial charge is 0.305 e. The van der Waals surface area contributed by atoms with Crippen molar-refractivity contribution in [2.45, 2.75) is 19.9 Å².